The molecular weight excluding hydrogens is 371 g/mol. The van der Waals surface area contributed by atoms with Gasteiger partial charge in [-0.05, 0) is 56.3 Å². The van der Waals surface area contributed by atoms with E-state index in [2.05, 4.69) is 30.6 Å². The lowest BCUT2D eigenvalue weighted by molar-refractivity contribution is 0.0525. The predicted octanol–water partition coefficient (Wildman–Crippen LogP) is 4.22. The van der Waals surface area contributed by atoms with Gasteiger partial charge in [0.05, 0.1) is 18.8 Å². The van der Waals surface area contributed by atoms with Crippen LogP contribution in [0.3, 0.4) is 0 Å². The molecule has 0 radical (unpaired) electrons. The van der Waals surface area contributed by atoms with Gasteiger partial charge in [-0.2, -0.15) is 0 Å². The zero-order valence-electron chi connectivity index (χ0n) is 18.5. The minimum atomic E-state index is -0.526. The molecular formula is C23H37FN2O3. The molecule has 0 atom stereocenters. The number of carbonyl (C=O) groups is 1. The van der Waals surface area contributed by atoms with E-state index in [0.29, 0.717) is 12.0 Å². The van der Waals surface area contributed by atoms with Crippen LogP contribution in [0.15, 0.2) is 18.2 Å². The molecule has 6 heteroatoms. The van der Waals surface area contributed by atoms with Gasteiger partial charge >= 0.3 is 5.97 Å². The maximum atomic E-state index is 14.1. The van der Waals surface area contributed by atoms with E-state index in [1.165, 1.54) is 31.2 Å². The molecule has 5 nitrogen and oxygen atoms in total. The molecule has 1 aromatic carbocycles. The maximum absolute atomic E-state index is 14.1. The minimum absolute atomic E-state index is 0.185. The molecule has 164 valence electrons. The van der Waals surface area contributed by atoms with Gasteiger partial charge in [-0.25, -0.2) is 9.18 Å². The molecule has 0 unspecified atom stereocenters. The highest BCUT2D eigenvalue weighted by Gasteiger charge is 2.23. The average Bonchev–Trinajstić information content (AvgIpc) is 2.70. The monoisotopic (exact) mass is 408 g/mol. The van der Waals surface area contributed by atoms with E-state index in [1.807, 2.05) is 0 Å². The van der Waals surface area contributed by atoms with Crippen molar-refractivity contribution in [2.45, 2.75) is 47.0 Å². The first kappa shape index (κ1) is 23.6. The smallest absolute Gasteiger partial charge is 0.338 e. The standard InChI is InChI=1S/C23H37FN2O3/c1-5-23(3,4)18-26-14-12-25(13-15-26)11-7-8-16-29-21-10-9-19(17-20(21)24)22(27)28-6-2/h9-10,17H,5-8,11-16,18H2,1-4H3. The Balaban J connectivity index is 1.62. The number of piperazine rings is 1. The normalized spacial score (nSPS) is 16.0. The highest BCUT2D eigenvalue weighted by molar-refractivity contribution is 5.89. The number of unbranched alkanes of at least 4 members (excludes halogenated alkanes) is 1. The van der Waals surface area contributed by atoms with Gasteiger partial charge in [-0.3, -0.25) is 0 Å². The zero-order valence-corrected chi connectivity index (χ0v) is 18.5. The van der Waals surface area contributed by atoms with Crippen molar-refractivity contribution in [2.24, 2.45) is 5.41 Å². The molecule has 0 bridgehead atoms. The summed E-state index contributed by atoms with van der Waals surface area (Å²) in [6.07, 6.45) is 3.12. The minimum Gasteiger partial charge on any atom is -0.491 e. The Morgan fingerprint density at radius 2 is 1.79 bits per heavy atom. The molecule has 0 spiro atoms. The van der Waals surface area contributed by atoms with Gasteiger partial charge in [0.25, 0.3) is 0 Å². The van der Waals surface area contributed by atoms with Crippen LogP contribution in [0.25, 0.3) is 0 Å². The summed E-state index contributed by atoms with van der Waals surface area (Å²) >= 11 is 0. The number of hydrogen-bond donors (Lipinski definition) is 0. The van der Waals surface area contributed by atoms with Gasteiger partial charge < -0.3 is 19.3 Å². The number of benzene rings is 1. The fraction of sp³-hybridized carbons (Fsp3) is 0.696. The maximum Gasteiger partial charge on any atom is 0.338 e. The summed E-state index contributed by atoms with van der Waals surface area (Å²) < 4.78 is 24.5. The highest BCUT2D eigenvalue weighted by atomic mass is 19.1. The van der Waals surface area contributed by atoms with E-state index in [0.717, 1.165) is 45.6 Å². The number of nitrogens with zero attached hydrogens (tertiary/aromatic N) is 2. The summed E-state index contributed by atoms with van der Waals surface area (Å²) in [4.78, 5) is 16.7. The Morgan fingerprint density at radius 3 is 2.41 bits per heavy atom. The van der Waals surface area contributed by atoms with Gasteiger partial charge in [0.2, 0.25) is 0 Å². The van der Waals surface area contributed by atoms with E-state index >= 15 is 0 Å². The summed E-state index contributed by atoms with van der Waals surface area (Å²) in [5.41, 5.74) is 0.599. The first-order valence-electron chi connectivity index (χ1n) is 10.9. The molecule has 1 saturated heterocycles. The quantitative estimate of drug-likeness (QED) is 0.405. The van der Waals surface area contributed by atoms with Crippen LogP contribution in [0.2, 0.25) is 0 Å². The zero-order chi connectivity index (χ0) is 21.3. The SMILES string of the molecule is CCOC(=O)c1ccc(OCCCCN2CCN(CC(C)(C)CC)CC2)c(F)c1. The number of hydrogen-bond acceptors (Lipinski definition) is 5. The van der Waals surface area contributed by atoms with Crippen LogP contribution in [-0.2, 0) is 4.74 Å². The second kappa shape index (κ2) is 11.5. The van der Waals surface area contributed by atoms with Gasteiger partial charge in [0.15, 0.2) is 11.6 Å². The Bertz CT molecular complexity index is 643. The van der Waals surface area contributed by atoms with E-state index in [1.54, 1.807) is 6.92 Å². The summed E-state index contributed by atoms with van der Waals surface area (Å²) in [5.74, 6) is -0.858. The van der Waals surface area contributed by atoms with Crippen molar-refractivity contribution in [2.75, 3.05) is 52.5 Å². The molecule has 2 rings (SSSR count). The van der Waals surface area contributed by atoms with Crippen molar-refractivity contribution < 1.29 is 18.7 Å². The predicted molar refractivity (Wildman–Crippen MR) is 114 cm³/mol. The Hall–Kier alpha value is -1.66. The van der Waals surface area contributed by atoms with E-state index in [4.69, 9.17) is 9.47 Å². The van der Waals surface area contributed by atoms with Crippen molar-refractivity contribution in [3.05, 3.63) is 29.6 Å². The lowest BCUT2D eigenvalue weighted by Crippen LogP contribution is -2.49. The molecule has 0 aromatic heterocycles. The highest BCUT2D eigenvalue weighted by Crippen LogP contribution is 2.22. The fourth-order valence-electron chi connectivity index (χ4n) is 3.47. The molecule has 0 amide bonds. The van der Waals surface area contributed by atoms with Crippen LogP contribution >= 0.6 is 0 Å². The fourth-order valence-corrected chi connectivity index (χ4v) is 3.47. The molecule has 1 aliphatic rings. The van der Waals surface area contributed by atoms with Gasteiger partial charge in [-0.15, -0.1) is 0 Å². The Morgan fingerprint density at radius 1 is 1.10 bits per heavy atom. The molecule has 0 aliphatic carbocycles. The van der Waals surface area contributed by atoms with Crippen molar-refractivity contribution in [3.8, 4) is 5.75 Å². The van der Waals surface area contributed by atoms with Crippen LogP contribution in [0.1, 0.15) is 57.3 Å². The van der Waals surface area contributed by atoms with E-state index in [9.17, 15) is 9.18 Å². The first-order chi connectivity index (χ1) is 13.8. The number of carbonyl (C=O) groups excluding carboxylic acids is 1. The van der Waals surface area contributed by atoms with Gasteiger partial charge in [0.1, 0.15) is 0 Å². The summed E-state index contributed by atoms with van der Waals surface area (Å²) in [6.45, 7) is 16.1. The van der Waals surface area contributed by atoms with Crippen LogP contribution in [0.5, 0.6) is 5.75 Å². The van der Waals surface area contributed by atoms with Crippen LogP contribution in [-0.4, -0.2) is 68.3 Å². The molecule has 29 heavy (non-hydrogen) atoms. The number of halogens is 1. The first-order valence-corrected chi connectivity index (χ1v) is 10.9. The second-order valence-corrected chi connectivity index (χ2v) is 8.56. The molecule has 1 fully saturated rings. The van der Waals surface area contributed by atoms with Crippen molar-refractivity contribution in [3.63, 3.8) is 0 Å². The average molecular weight is 409 g/mol. The third-order valence-corrected chi connectivity index (χ3v) is 5.64. The number of esters is 1. The van der Waals surface area contributed by atoms with Crippen molar-refractivity contribution in [1.29, 1.82) is 0 Å². The van der Waals surface area contributed by atoms with E-state index in [-0.39, 0.29) is 17.9 Å². The van der Waals surface area contributed by atoms with Crippen molar-refractivity contribution in [1.82, 2.24) is 9.80 Å². The van der Waals surface area contributed by atoms with Crippen LogP contribution < -0.4 is 4.74 Å². The topological polar surface area (TPSA) is 42.0 Å². The lowest BCUT2D eigenvalue weighted by atomic mass is 9.89. The molecule has 0 saturated carbocycles. The molecule has 1 aromatic rings. The van der Waals surface area contributed by atoms with Crippen molar-refractivity contribution >= 4 is 5.97 Å². The Labute approximate surface area is 175 Å². The second-order valence-electron chi connectivity index (χ2n) is 8.56. The van der Waals surface area contributed by atoms with Crippen LogP contribution in [0.4, 0.5) is 4.39 Å². The summed E-state index contributed by atoms with van der Waals surface area (Å²) in [7, 11) is 0. The lowest BCUT2D eigenvalue weighted by Gasteiger charge is -2.38. The largest absolute Gasteiger partial charge is 0.491 e. The van der Waals surface area contributed by atoms with Gasteiger partial charge in [-0.1, -0.05) is 20.8 Å². The Kier molecular flexibility index (Phi) is 9.37. The van der Waals surface area contributed by atoms with Gasteiger partial charge in [0, 0.05) is 32.7 Å². The van der Waals surface area contributed by atoms with E-state index < -0.39 is 11.8 Å². The number of ether oxygens (including phenoxy) is 2. The third-order valence-electron chi connectivity index (χ3n) is 5.64. The summed E-state index contributed by atoms with van der Waals surface area (Å²) in [5, 5.41) is 0. The third kappa shape index (κ3) is 7.94. The summed E-state index contributed by atoms with van der Waals surface area (Å²) in [6, 6.07) is 4.21. The molecule has 0 N–H and O–H groups in total. The number of rotatable bonds is 11. The molecule has 1 heterocycles. The van der Waals surface area contributed by atoms with Crippen LogP contribution in [0, 0.1) is 11.2 Å². The molecule has 1 aliphatic heterocycles.